The summed E-state index contributed by atoms with van der Waals surface area (Å²) in [6.07, 6.45) is -2.83. The minimum Gasteiger partial charge on any atom is -0.341 e. The third-order valence-electron chi connectivity index (χ3n) is 3.81. The smallest absolute Gasteiger partial charge is 0.341 e. The van der Waals surface area contributed by atoms with Crippen molar-refractivity contribution in [3.05, 3.63) is 0 Å². The molecule has 2 unspecified atom stereocenters. The Morgan fingerprint density at radius 2 is 1.83 bits per heavy atom. The summed E-state index contributed by atoms with van der Waals surface area (Å²) in [6, 6.07) is 0. The van der Waals surface area contributed by atoms with Gasteiger partial charge in [-0.15, -0.1) is 0 Å². The summed E-state index contributed by atoms with van der Waals surface area (Å²) in [7, 11) is 0. The van der Waals surface area contributed by atoms with Crippen molar-refractivity contribution in [2.45, 2.75) is 31.9 Å². The quantitative estimate of drug-likeness (QED) is 0.736. The first-order valence-electron chi connectivity index (χ1n) is 6.41. The van der Waals surface area contributed by atoms with E-state index < -0.39 is 18.0 Å². The van der Waals surface area contributed by atoms with Gasteiger partial charge in [0.05, 0.1) is 5.92 Å². The third-order valence-corrected chi connectivity index (χ3v) is 4.75. The predicted molar refractivity (Wildman–Crippen MR) is 65.4 cm³/mol. The van der Waals surface area contributed by atoms with Crippen molar-refractivity contribution < 1.29 is 18.0 Å². The number of hydrogen-bond donors (Lipinski definition) is 0. The van der Waals surface area contributed by atoms with E-state index in [1.807, 2.05) is 0 Å². The van der Waals surface area contributed by atoms with Gasteiger partial charge in [0.25, 0.3) is 0 Å². The predicted octanol–water partition coefficient (Wildman–Crippen LogP) is 2.93. The Kier molecular flexibility index (Phi) is 4.45. The Morgan fingerprint density at radius 3 is 2.44 bits per heavy atom. The Labute approximate surface area is 109 Å². The zero-order chi connectivity index (χ0) is 13.2. The van der Waals surface area contributed by atoms with Gasteiger partial charge >= 0.3 is 6.18 Å². The van der Waals surface area contributed by atoms with E-state index in [4.69, 9.17) is 0 Å². The topological polar surface area (TPSA) is 20.3 Å². The molecule has 2 rings (SSSR count). The van der Waals surface area contributed by atoms with Crippen LogP contribution in [0.5, 0.6) is 0 Å². The van der Waals surface area contributed by atoms with Crippen LogP contribution in [0.2, 0.25) is 0 Å². The normalized spacial score (nSPS) is 30.3. The molecule has 0 aromatic heterocycles. The molecule has 1 aliphatic heterocycles. The van der Waals surface area contributed by atoms with Crippen LogP contribution in [0.4, 0.5) is 13.2 Å². The van der Waals surface area contributed by atoms with Crippen molar-refractivity contribution in [2.75, 3.05) is 24.6 Å². The largest absolute Gasteiger partial charge is 0.391 e. The second kappa shape index (κ2) is 5.72. The molecule has 1 saturated carbocycles. The first kappa shape index (κ1) is 14.0. The van der Waals surface area contributed by atoms with E-state index >= 15 is 0 Å². The second-order valence-electron chi connectivity index (χ2n) is 5.04. The lowest BCUT2D eigenvalue weighted by atomic mass is 9.80. The molecule has 6 heteroatoms. The number of carbonyl (C=O) groups is 1. The summed E-state index contributed by atoms with van der Waals surface area (Å²) in [5.74, 6) is 0.0691. The molecular weight excluding hydrogens is 263 g/mol. The standard InChI is InChI=1S/C12H18F3NOS/c13-12(14,15)10-3-1-2-9(8-10)11(17)16-4-6-18-7-5-16/h9-10H,1-8H2. The zero-order valence-corrected chi connectivity index (χ0v) is 11.0. The molecule has 0 aromatic rings. The fourth-order valence-corrected chi connectivity index (χ4v) is 3.66. The van der Waals surface area contributed by atoms with E-state index in [9.17, 15) is 18.0 Å². The van der Waals surface area contributed by atoms with Gasteiger partial charge in [-0.3, -0.25) is 4.79 Å². The number of halogens is 3. The van der Waals surface area contributed by atoms with E-state index in [0.29, 0.717) is 25.9 Å². The fourth-order valence-electron chi connectivity index (χ4n) is 2.75. The van der Waals surface area contributed by atoms with Crippen LogP contribution in [0.15, 0.2) is 0 Å². The van der Waals surface area contributed by atoms with Crippen LogP contribution in [-0.2, 0) is 4.79 Å². The maximum absolute atomic E-state index is 12.7. The van der Waals surface area contributed by atoms with E-state index in [1.165, 1.54) is 0 Å². The lowest BCUT2D eigenvalue weighted by molar-refractivity contribution is -0.187. The third kappa shape index (κ3) is 3.33. The molecule has 1 saturated heterocycles. The van der Waals surface area contributed by atoms with E-state index in [2.05, 4.69) is 0 Å². The first-order chi connectivity index (χ1) is 8.48. The van der Waals surface area contributed by atoms with Gasteiger partial charge in [-0.25, -0.2) is 0 Å². The van der Waals surface area contributed by atoms with Crippen molar-refractivity contribution >= 4 is 17.7 Å². The molecule has 0 N–H and O–H groups in total. The fraction of sp³-hybridized carbons (Fsp3) is 0.917. The highest BCUT2D eigenvalue weighted by atomic mass is 32.2. The number of nitrogens with zero attached hydrogens (tertiary/aromatic N) is 1. The maximum Gasteiger partial charge on any atom is 0.391 e. The Balaban J connectivity index is 1.93. The van der Waals surface area contributed by atoms with Gasteiger partial charge in [-0.2, -0.15) is 24.9 Å². The summed E-state index contributed by atoms with van der Waals surface area (Å²) in [4.78, 5) is 13.9. The van der Waals surface area contributed by atoms with Crippen molar-refractivity contribution in [3.63, 3.8) is 0 Å². The second-order valence-corrected chi connectivity index (χ2v) is 6.26. The average molecular weight is 281 g/mol. The van der Waals surface area contributed by atoms with Crippen LogP contribution < -0.4 is 0 Å². The molecule has 0 radical (unpaired) electrons. The number of rotatable bonds is 1. The number of alkyl halides is 3. The van der Waals surface area contributed by atoms with Crippen LogP contribution in [0.1, 0.15) is 25.7 Å². The highest BCUT2D eigenvalue weighted by Gasteiger charge is 2.44. The highest BCUT2D eigenvalue weighted by molar-refractivity contribution is 7.99. The monoisotopic (exact) mass is 281 g/mol. The SMILES string of the molecule is O=C(C1CCCC(C(F)(F)F)C1)N1CCSCC1. The molecule has 1 aliphatic carbocycles. The maximum atomic E-state index is 12.7. The van der Waals surface area contributed by atoms with Gasteiger partial charge in [-0.05, 0) is 19.3 Å². The van der Waals surface area contributed by atoms with Gasteiger partial charge in [0.2, 0.25) is 5.91 Å². The molecule has 1 heterocycles. The van der Waals surface area contributed by atoms with E-state index in [0.717, 1.165) is 11.5 Å². The molecule has 0 spiro atoms. The van der Waals surface area contributed by atoms with Crippen LogP contribution in [0, 0.1) is 11.8 Å². The summed E-state index contributed by atoms with van der Waals surface area (Å²) >= 11 is 1.79. The first-order valence-corrected chi connectivity index (χ1v) is 7.57. The average Bonchev–Trinajstić information content (AvgIpc) is 2.38. The van der Waals surface area contributed by atoms with Crippen LogP contribution >= 0.6 is 11.8 Å². The summed E-state index contributed by atoms with van der Waals surface area (Å²) in [6.45, 7) is 1.38. The van der Waals surface area contributed by atoms with Crippen LogP contribution in [0.25, 0.3) is 0 Å². The van der Waals surface area contributed by atoms with Gasteiger partial charge in [0.1, 0.15) is 0 Å². The minimum absolute atomic E-state index is 0.00796. The summed E-state index contributed by atoms with van der Waals surface area (Å²) in [5, 5.41) is 0. The Hall–Kier alpha value is -0.390. The molecule has 1 amide bonds. The molecule has 2 nitrogen and oxygen atoms in total. The minimum atomic E-state index is -4.14. The molecule has 2 atom stereocenters. The number of amides is 1. The zero-order valence-electron chi connectivity index (χ0n) is 10.2. The Morgan fingerprint density at radius 1 is 1.17 bits per heavy atom. The van der Waals surface area contributed by atoms with Crippen molar-refractivity contribution in [1.29, 1.82) is 0 Å². The summed E-state index contributed by atoms with van der Waals surface area (Å²) < 4.78 is 38.1. The number of carbonyl (C=O) groups excluding carboxylic acids is 1. The van der Waals surface area contributed by atoms with Gasteiger partial charge < -0.3 is 4.90 Å². The van der Waals surface area contributed by atoms with E-state index in [-0.39, 0.29) is 18.7 Å². The molecule has 18 heavy (non-hydrogen) atoms. The van der Waals surface area contributed by atoms with Crippen molar-refractivity contribution in [2.24, 2.45) is 11.8 Å². The van der Waals surface area contributed by atoms with Gasteiger partial charge in [0, 0.05) is 30.5 Å². The molecule has 0 bridgehead atoms. The van der Waals surface area contributed by atoms with Crippen LogP contribution in [-0.4, -0.2) is 41.6 Å². The molecule has 2 aliphatic rings. The lowest BCUT2D eigenvalue weighted by Crippen LogP contribution is -2.43. The number of hydrogen-bond acceptors (Lipinski definition) is 2. The summed E-state index contributed by atoms with van der Waals surface area (Å²) in [5.41, 5.74) is 0. The molecule has 0 aromatic carbocycles. The molecule has 104 valence electrons. The molecule has 2 fully saturated rings. The highest BCUT2D eigenvalue weighted by Crippen LogP contribution is 2.40. The molecular formula is C12H18F3NOS. The van der Waals surface area contributed by atoms with E-state index in [1.54, 1.807) is 16.7 Å². The Bertz CT molecular complexity index is 302. The van der Waals surface area contributed by atoms with Crippen molar-refractivity contribution in [1.82, 2.24) is 4.90 Å². The lowest BCUT2D eigenvalue weighted by Gasteiger charge is -2.34. The van der Waals surface area contributed by atoms with Crippen LogP contribution in [0.3, 0.4) is 0 Å². The van der Waals surface area contributed by atoms with Gasteiger partial charge in [0.15, 0.2) is 0 Å². The number of thioether (sulfide) groups is 1. The van der Waals surface area contributed by atoms with Gasteiger partial charge in [-0.1, -0.05) is 6.42 Å². The van der Waals surface area contributed by atoms with Crippen molar-refractivity contribution in [3.8, 4) is 0 Å².